The van der Waals surface area contributed by atoms with Crippen molar-refractivity contribution in [3.8, 4) is 0 Å². The van der Waals surface area contributed by atoms with E-state index in [0.29, 0.717) is 11.4 Å². The second kappa shape index (κ2) is 4.40. The molecule has 0 unspecified atom stereocenters. The molecule has 1 heterocycles. The fourth-order valence-electron chi connectivity index (χ4n) is 1.76. The van der Waals surface area contributed by atoms with E-state index in [4.69, 9.17) is 16.2 Å². The van der Waals surface area contributed by atoms with Gasteiger partial charge in [0.2, 0.25) is 0 Å². The molecular weight excluding hydrogens is 190 g/mol. The van der Waals surface area contributed by atoms with Gasteiger partial charge in [0.1, 0.15) is 0 Å². The summed E-state index contributed by atoms with van der Waals surface area (Å²) in [7, 11) is 0. The van der Waals surface area contributed by atoms with Crippen molar-refractivity contribution in [1.29, 1.82) is 0 Å². The SMILES string of the molecule is Nc1ccc(N2CCCOCC2)cc1N. The van der Waals surface area contributed by atoms with Gasteiger partial charge in [-0.05, 0) is 24.6 Å². The van der Waals surface area contributed by atoms with Crippen LogP contribution in [-0.4, -0.2) is 26.3 Å². The van der Waals surface area contributed by atoms with E-state index >= 15 is 0 Å². The van der Waals surface area contributed by atoms with Crippen LogP contribution in [0, 0.1) is 0 Å². The third-order valence-corrected chi connectivity index (χ3v) is 2.66. The molecule has 15 heavy (non-hydrogen) atoms. The number of hydrogen-bond acceptors (Lipinski definition) is 4. The van der Waals surface area contributed by atoms with Gasteiger partial charge in [-0.2, -0.15) is 0 Å². The minimum atomic E-state index is 0.643. The zero-order valence-electron chi connectivity index (χ0n) is 8.78. The monoisotopic (exact) mass is 207 g/mol. The molecule has 0 saturated carbocycles. The molecule has 1 saturated heterocycles. The molecule has 0 aromatic heterocycles. The molecule has 82 valence electrons. The molecule has 0 atom stereocenters. The van der Waals surface area contributed by atoms with Gasteiger partial charge in [0.05, 0.1) is 18.0 Å². The molecule has 1 aliphatic rings. The Labute approximate surface area is 89.8 Å². The van der Waals surface area contributed by atoms with E-state index in [2.05, 4.69) is 4.90 Å². The summed E-state index contributed by atoms with van der Waals surface area (Å²) in [5.74, 6) is 0. The average molecular weight is 207 g/mol. The maximum atomic E-state index is 5.78. The first kappa shape index (κ1) is 10.1. The second-order valence-electron chi connectivity index (χ2n) is 3.77. The lowest BCUT2D eigenvalue weighted by atomic mass is 10.2. The van der Waals surface area contributed by atoms with E-state index in [0.717, 1.165) is 38.4 Å². The van der Waals surface area contributed by atoms with Crippen molar-refractivity contribution in [3.63, 3.8) is 0 Å². The molecule has 0 spiro atoms. The Morgan fingerprint density at radius 1 is 1.07 bits per heavy atom. The maximum Gasteiger partial charge on any atom is 0.0641 e. The Kier molecular flexibility index (Phi) is 2.97. The van der Waals surface area contributed by atoms with E-state index in [1.54, 1.807) is 0 Å². The molecule has 1 aromatic rings. The summed E-state index contributed by atoms with van der Waals surface area (Å²) in [6.45, 7) is 3.57. The van der Waals surface area contributed by atoms with Crippen LogP contribution in [0.3, 0.4) is 0 Å². The number of anilines is 3. The third kappa shape index (κ3) is 2.33. The van der Waals surface area contributed by atoms with Crippen LogP contribution in [0.25, 0.3) is 0 Å². The predicted molar refractivity (Wildman–Crippen MR) is 62.9 cm³/mol. The third-order valence-electron chi connectivity index (χ3n) is 2.66. The highest BCUT2D eigenvalue weighted by Crippen LogP contribution is 2.23. The molecule has 4 nitrogen and oxygen atoms in total. The normalized spacial score (nSPS) is 17.5. The topological polar surface area (TPSA) is 64.5 Å². The fourth-order valence-corrected chi connectivity index (χ4v) is 1.76. The summed E-state index contributed by atoms with van der Waals surface area (Å²) in [6, 6.07) is 5.80. The van der Waals surface area contributed by atoms with Gasteiger partial charge >= 0.3 is 0 Å². The van der Waals surface area contributed by atoms with Crippen molar-refractivity contribution in [2.45, 2.75) is 6.42 Å². The zero-order chi connectivity index (χ0) is 10.7. The van der Waals surface area contributed by atoms with Crippen LogP contribution in [-0.2, 0) is 4.74 Å². The van der Waals surface area contributed by atoms with Crippen LogP contribution in [0.1, 0.15) is 6.42 Å². The minimum Gasteiger partial charge on any atom is -0.397 e. The summed E-state index contributed by atoms with van der Waals surface area (Å²) in [5, 5.41) is 0. The fraction of sp³-hybridized carbons (Fsp3) is 0.455. The molecule has 1 aliphatic heterocycles. The van der Waals surface area contributed by atoms with Gasteiger partial charge in [0.15, 0.2) is 0 Å². The molecule has 2 rings (SSSR count). The van der Waals surface area contributed by atoms with Gasteiger partial charge in [0, 0.05) is 25.4 Å². The van der Waals surface area contributed by atoms with E-state index in [9.17, 15) is 0 Å². The number of benzene rings is 1. The average Bonchev–Trinajstić information content (AvgIpc) is 2.50. The molecular formula is C11H17N3O. The number of ether oxygens (including phenoxy) is 1. The van der Waals surface area contributed by atoms with Crippen LogP contribution in [0.2, 0.25) is 0 Å². The van der Waals surface area contributed by atoms with Crippen molar-refractivity contribution in [2.75, 3.05) is 42.7 Å². The van der Waals surface area contributed by atoms with E-state index in [1.165, 1.54) is 0 Å². The number of nitrogen functional groups attached to an aromatic ring is 2. The molecule has 1 aromatic carbocycles. The van der Waals surface area contributed by atoms with Crippen LogP contribution in [0.15, 0.2) is 18.2 Å². The summed E-state index contributed by atoms with van der Waals surface area (Å²) in [6.07, 6.45) is 1.06. The van der Waals surface area contributed by atoms with Crippen molar-refractivity contribution in [3.05, 3.63) is 18.2 Å². The summed E-state index contributed by atoms with van der Waals surface area (Å²) in [5.41, 5.74) is 13.9. The van der Waals surface area contributed by atoms with Gasteiger partial charge in [-0.3, -0.25) is 0 Å². The van der Waals surface area contributed by atoms with Crippen molar-refractivity contribution in [1.82, 2.24) is 0 Å². The first-order valence-electron chi connectivity index (χ1n) is 5.25. The Morgan fingerprint density at radius 3 is 2.73 bits per heavy atom. The first-order chi connectivity index (χ1) is 7.27. The Balaban J connectivity index is 2.16. The lowest BCUT2D eigenvalue weighted by Crippen LogP contribution is -2.25. The summed E-state index contributed by atoms with van der Waals surface area (Å²) < 4.78 is 5.40. The Bertz CT molecular complexity index is 333. The van der Waals surface area contributed by atoms with Gasteiger partial charge in [-0.25, -0.2) is 0 Å². The molecule has 4 heteroatoms. The van der Waals surface area contributed by atoms with E-state index < -0.39 is 0 Å². The van der Waals surface area contributed by atoms with Crippen LogP contribution in [0.5, 0.6) is 0 Å². The first-order valence-corrected chi connectivity index (χ1v) is 5.25. The predicted octanol–water partition coefficient (Wildman–Crippen LogP) is 1.08. The second-order valence-corrected chi connectivity index (χ2v) is 3.77. The number of nitrogens with zero attached hydrogens (tertiary/aromatic N) is 1. The highest BCUT2D eigenvalue weighted by molar-refractivity contribution is 5.69. The lowest BCUT2D eigenvalue weighted by molar-refractivity contribution is 0.152. The number of nitrogens with two attached hydrogens (primary N) is 2. The zero-order valence-corrected chi connectivity index (χ0v) is 8.78. The quantitative estimate of drug-likeness (QED) is 0.676. The highest BCUT2D eigenvalue weighted by atomic mass is 16.5. The minimum absolute atomic E-state index is 0.643. The van der Waals surface area contributed by atoms with Crippen molar-refractivity contribution < 1.29 is 4.74 Å². The molecule has 4 N–H and O–H groups in total. The van der Waals surface area contributed by atoms with Gasteiger partial charge in [-0.1, -0.05) is 0 Å². The Morgan fingerprint density at radius 2 is 1.93 bits per heavy atom. The largest absolute Gasteiger partial charge is 0.397 e. The van der Waals surface area contributed by atoms with Crippen LogP contribution >= 0.6 is 0 Å². The molecule has 0 bridgehead atoms. The van der Waals surface area contributed by atoms with E-state index in [1.807, 2.05) is 18.2 Å². The molecule has 0 amide bonds. The lowest BCUT2D eigenvalue weighted by Gasteiger charge is -2.22. The van der Waals surface area contributed by atoms with Gasteiger partial charge in [-0.15, -0.1) is 0 Å². The Hall–Kier alpha value is -1.42. The molecule has 0 radical (unpaired) electrons. The molecule has 0 aliphatic carbocycles. The standard InChI is InChI=1S/C11H17N3O/c12-10-3-2-9(8-11(10)13)14-4-1-6-15-7-5-14/h2-3,8H,1,4-7,12-13H2. The maximum absolute atomic E-state index is 5.78. The number of hydrogen-bond donors (Lipinski definition) is 2. The summed E-state index contributed by atoms with van der Waals surface area (Å²) in [4.78, 5) is 2.28. The number of rotatable bonds is 1. The van der Waals surface area contributed by atoms with Crippen molar-refractivity contribution in [2.24, 2.45) is 0 Å². The molecule has 1 fully saturated rings. The van der Waals surface area contributed by atoms with E-state index in [-0.39, 0.29) is 0 Å². The highest BCUT2D eigenvalue weighted by Gasteiger charge is 2.10. The van der Waals surface area contributed by atoms with Gasteiger partial charge < -0.3 is 21.1 Å². The van der Waals surface area contributed by atoms with Crippen LogP contribution < -0.4 is 16.4 Å². The summed E-state index contributed by atoms with van der Waals surface area (Å²) >= 11 is 0. The van der Waals surface area contributed by atoms with Crippen LogP contribution in [0.4, 0.5) is 17.1 Å². The van der Waals surface area contributed by atoms with Gasteiger partial charge in [0.25, 0.3) is 0 Å². The van der Waals surface area contributed by atoms with Crippen molar-refractivity contribution >= 4 is 17.1 Å². The smallest absolute Gasteiger partial charge is 0.0641 e.